The zero-order valence-corrected chi connectivity index (χ0v) is 14.5. The van der Waals surface area contributed by atoms with Gasteiger partial charge in [-0.15, -0.1) is 0 Å². The van der Waals surface area contributed by atoms with Gasteiger partial charge in [-0.1, -0.05) is 27.7 Å². The molecule has 1 saturated carbocycles. The van der Waals surface area contributed by atoms with Crippen LogP contribution >= 0.6 is 0 Å². The lowest BCUT2D eigenvalue weighted by Crippen LogP contribution is -2.52. The number of ether oxygens (including phenoxy) is 1. The third kappa shape index (κ3) is 4.44. The summed E-state index contributed by atoms with van der Waals surface area (Å²) < 4.78 is 5.37. The van der Waals surface area contributed by atoms with Crippen LogP contribution in [0.3, 0.4) is 0 Å². The Labute approximate surface area is 126 Å². The predicted octanol–water partition coefficient (Wildman–Crippen LogP) is 3.13. The lowest BCUT2D eigenvalue weighted by Gasteiger charge is -2.47. The van der Waals surface area contributed by atoms with Crippen LogP contribution < -0.4 is 5.73 Å². The molecule has 0 saturated heterocycles. The zero-order valence-electron chi connectivity index (χ0n) is 14.5. The molecule has 20 heavy (non-hydrogen) atoms. The molecule has 2 N–H and O–H groups in total. The molecule has 0 aromatic heterocycles. The summed E-state index contributed by atoms with van der Waals surface area (Å²) in [6.07, 6.45) is 3.89. The van der Waals surface area contributed by atoms with Crippen LogP contribution in [0.2, 0.25) is 0 Å². The van der Waals surface area contributed by atoms with E-state index >= 15 is 0 Å². The van der Waals surface area contributed by atoms with Gasteiger partial charge >= 0.3 is 0 Å². The second-order valence-corrected chi connectivity index (χ2v) is 7.57. The molecule has 3 heteroatoms. The van der Waals surface area contributed by atoms with E-state index < -0.39 is 0 Å². The molecule has 0 radical (unpaired) electrons. The van der Waals surface area contributed by atoms with Crippen LogP contribution in [0.25, 0.3) is 0 Å². The monoisotopic (exact) mass is 284 g/mol. The van der Waals surface area contributed by atoms with Gasteiger partial charge in [-0.25, -0.2) is 0 Å². The van der Waals surface area contributed by atoms with E-state index in [0.29, 0.717) is 23.4 Å². The van der Waals surface area contributed by atoms with E-state index in [9.17, 15) is 0 Å². The molecule has 0 aliphatic heterocycles. The topological polar surface area (TPSA) is 38.5 Å². The van der Waals surface area contributed by atoms with Gasteiger partial charge in [-0.05, 0) is 56.5 Å². The summed E-state index contributed by atoms with van der Waals surface area (Å²) in [5.41, 5.74) is 6.46. The lowest BCUT2D eigenvalue weighted by molar-refractivity contribution is 0.00520. The zero-order chi connectivity index (χ0) is 15.3. The van der Waals surface area contributed by atoms with Gasteiger partial charge in [0.25, 0.3) is 0 Å². The highest BCUT2D eigenvalue weighted by atomic mass is 16.5. The number of nitrogens with two attached hydrogens (primary N) is 1. The second kappa shape index (κ2) is 7.77. The Morgan fingerprint density at radius 3 is 2.40 bits per heavy atom. The minimum absolute atomic E-state index is 0.404. The molecule has 4 atom stereocenters. The third-order valence-electron chi connectivity index (χ3n) is 5.25. The first-order valence-corrected chi connectivity index (χ1v) is 8.29. The highest BCUT2D eigenvalue weighted by molar-refractivity contribution is 4.92. The van der Waals surface area contributed by atoms with Crippen LogP contribution in [0.1, 0.15) is 53.9 Å². The molecule has 1 fully saturated rings. The summed E-state index contributed by atoms with van der Waals surface area (Å²) in [7, 11) is 1.80. The van der Waals surface area contributed by atoms with Crippen molar-refractivity contribution in [3.63, 3.8) is 0 Å². The van der Waals surface area contributed by atoms with Gasteiger partial charge in [0.15, 0.2) is 0 Å². The Bertz CT molecular complexity index is 275. The Balaban J connectivity index is 2.83. The molecular formula is C17H36N2O. The Morgan fingerprint density at radius 2 is 1.95 bits per heavy atom. The van der Waals surface area contributed by atoms with Crippen LogP contribution in [0.15, 0.2) is 0 Å². The van der Waals surface area contributed by atoms with Crippen LogP contribution in [0, 0.1) is 17.3 Å². The van der Waals surface area contributed by atoms with Gasteiger partial charge in [-0.2, -0.15) is 0 Å². The summed E-state index contributed by atoms with van der Waals surface area (Å²) >= 11 is 0. The van der Waals surface area contributed by atoms with Gasteiger partial charge in [-0.3, -0.25) is 4.90 Å². The van der Waals surface area contributed by atoms with Crippen LogP contribution in [0.4, 0.5) is 0 Å². The first-order chi connectivity index (χ1) is 9.35. The van der Waals surface area contributed by atoms with Crippen LogP contribution in [-0.4, -0.2) is 43.8 Å². The first-order valence-electron chi connectivity index (χ1n) is 8.29. The van der Waals surface area contributed by atoms with E-state index in [1.807, 2.05) is 0 Å². The Morgan fingerprint density at radius 1 is 1.30 bits per heavy atom. The minimum Gasteiger partial charge on any atom is -0.383 e. The fraction of sp³-hybridized carbons (Fsp3) is 1.00. The fourth-order valence-corrected chi connectivity index (χ4v) is 3.89. The second-order valence-electron chi connectivity index (χ2n) is 7.57. The molecule has 0 amide bonds. The summed E-state index contributed by atoms with van der Waals surface area (Å²) in [5, 5.41) is 0. The van der Waals surface area contributed by atoms with Crippen molar-refractivity contribution < 1.29 is 4.74 Å². The minimum atomic E-state index is 0.404. The molecule has 1 aliphatic rings. The third-order valence-corrected chi connectivity index (χ3v) is 5.25. The standard InChI is InChI=1S/C17H36N2O/c1-7-19(13(2)12-20-6)16-10-15(17(3,4)5)9-8-14(16)11-18/h13-16H,7-12,18H2,1-6H3. The van der Waals surface area contributed by atoms with Crippen molar-refractivity contribution in [3.05, 3.63) is 0 Å². The Hall–Kier alpha value is -0.120. The molecule has 3 nitrogen and oxygen atoms in total. The van der Waals surface area contributed by atoms with Crippen molar-refractivity contribution in [2.24, 2.45) is 23.0 Å². The van der Waals surface area contributed by atoms with E-state index in [2.05, 4.69) is 39.5 Å². The van der Waals surface area contributed by atoms with E-state index in [1.54, 1.807) is 7.11 Å². The molecule has 1 aliphatic carbocycles. The van der Waals surface area contributed by atoms with E-state index in [4.69, 9.17) is 10.5 Å². The first kappa shape index (κ1) is 17.9. The van der Waals surface area contributed by atoms with Gasteiger partial charge in [0.1, 0.15) is 0 Å². The number of hydrogen-bond donors (Lipinski definition) is 1. The normalized spacial score (nSPS) is 29.7. The van der Waals surface area contributed by atoms with Gasteiger partial charge in [0.2, 0.25) is 0 Å². The maximum atomic E-state index is 6.06. The molecule has 0 spiro atoms. The van der Waals surface area contributed by atoms with Gasteiger partial charge < -0.3 is 10.5 Å². The average molecular weight is 284 g/mol. The quantitative estimate of drug-likeness (QED) is 0.814. The number of rotatable bonds is 6. The maximum Gasteiger partial charge on any atom is 0.0615 e. The SMILES string of the molecule is CCN(C(C)COC)C1CC(C(C)(C)C)CCC1CN. The van der Waals surface area contributed by atoms with Crippen molar-refractivity contribution in [2.45, 2.75) is 66.0 Å². The van der Waals surface area contributed by atoms with Crippen molar-refractivity contribution in [3.8, 4) is 0 Å². The molecule has 0 bridgehead atoms. The molecule has 0 aromatic carbocycles. The number of methoxy groups -OCH3 is 1. The highest BCUT2D eigenvalue weighted by Gasteiger charge is 2.38. The molecule has 1 rings (SSSR count). The largest absolute Gasteiger partial charge is 0.383 e. The van der Waals surface area contributed by atoms with Crippen molar-refractivity contribution in [1.29, 1.82) is 0 Å². The van der Waals surface area contributed by atoms with Gasteiger partial charge in [0, 0.05) is 19.2 Å². The molecule has 120 valence electrons. The number of hydrogen-bond acceptors (Lipinski definition) is 3. The van der Waals surface area contributed by atoms with E-state index in [-0.39, 0.29) is 0 Å². The van der Waals surface area contributed by atoms with Crippen molar-refractivity contribution in [2.75, 3.05) is 26.8 Å². The van der Waals surface area contributed by atoms with E-state index in [1.165, 1.54) is 19.3 Å². The van der Waals surface area contributed by atoms with E-state index in [0.717, 1.165) is 25.6 Å². The van der Waals surface area contributed by atoms with Gasteiger partial charge in [0.05, 0.1) is 6.61 Å². The Kier molecular flexibility index (Phi) is 6.96. The maximum absolute atomic E-state index is 6.06. The number of nitrogens with zero attached hydrogens (tertiary/aromatic N) is 1. The summed E-state index contributed by atoms with van der Waals surface area (Å²) in [5.74, 6) is 1.45. The number of likely N-dealkylation sites (N-methyl/N-ethyl adjacent to an activating group) is 1. The smallest absolute Gasteiger partial charge is 0.0615 e. The van der Waals surface area contributed by atoms with Crippen LogP contribution in [-0.2, 0) is 4.74 Å². The predicted molar refractivity (Wildman–Crippen MR) is 86.8 cm³/mol. The molecular weight excluding hydrogens is 248 g/mol. The summed E-state index contributed by atoms with van der Waals surface area (Å²) in [4.78, 5) is 2.62. The summed E-state index contributed by atoms with van der Waals surface area (Å²) in [6, 6.07) is 1.09. The molecule has 0 aromatic rings. The van der Waals surface area contributed by atoms with Crippen molar-refractivity contribution in [1.82, 2.24) is 4.90 Å². The molecule has 0 heterocycles. The highest BCUT2D eigenvalue weighted by Crippen LogP contribution is 2.41. The average Bonchev–Trinajstić information content (AvgIpc) is 2.38. The molecule has 4 unspecified atom stereocenters. The van der Waals surface area contributed by atoms with Crippen LogP contribution in [0.5, 0.6) is 0 Å². The summed E-state index contributed by atoms with van der Waals surface area (Å²) in [6.45, 7) is 14.4. The lowest BCUT2D eigenvalue weighted by atomic mass is 9.67. The fourth-order valence-electron chi connectivity index (χ4n) is 3.89. The van der Waals surface area contributed by atoms with Crippen molar-refractivity contribution >= 4 is 0 Å².